The maximum Gasteiger partial charge on any atom is 0.309 e. The number of carbonyl (C=O) groups is 2. The molecule has 120 valence electrons. The van der Waals surface area contributed by atoms with Crippen LogP contribution < -0.4 is 0 Å². The van der Waals surface area contributed by atoms with Crippen LogP contribution in [0, 0.1) is 23.7 Å². The van der Waals surface area contributed by atoms with Gasteiger partial charge in [-0.1, -0.05) is 13.3 Å². The smallest absolute Gasteiger partial charge is 0.309 e. The maximum absolute atomic E-state index is 12.2. The molecule has 0 saturated heterocycles. The molecule has 2 saturated carbocycles. The van der Waals surface area contributed by atoms with Crippen LogP contribution in [0.15, 0.2) is 0 Å². The van der Waals surface area contributed by atoms with E-state index in [1.165, 1.54) is 0 Å². The Labute approximate surface area is 125 Å². The third kappa shape index (κ3) is 4.03. The second-order valence-corrected chi connectivity index (χ2v) is 7.67. The minimum atomic E-state index is -4.14. The average molecular weight is 318 g/mol. The van der Waals surface area contributed by atoms with E-state index in [0.717, 1.165) is 25.7 Å². The molecule has 2 rings (SSSR count). The highest BCUT2D eigenvalue weighted by Gasteiger charge is 2.47. The average Bonchev–Trinajstić information content (AvgIpc) is 2.40. The summed E-state index contributed by atoms with van der Waals surface area (Å²) in [5.74, 6) is -1.08. The molecule has 0 aromatic heterocycles. The summed E-state index contributed by atoms with van der Waals surface area (Å²) in [6, 6.07) is 0. The second-order valence-electron chi connectivity index (χ2n) is 6.10. The van der Waals surface area contributed by atoms with Crippen molar-refractivity contribution in [3.8, 4) is 0 Å². The number of hydrogen-bond donors (Lipinski definition) is 1. The summed E-state index contributed by atoms with van der Waals surface area (Å²) < 4.78 is 34.9. The van der Waals surface area contributed by atoms with E-state index in [4.69, 9.17) is 9.29 Å². The third-order valence-electron chi connectivity index (χ3n) is 4.76. The number of rotatable bonds is 5. The van der Waals surface area contributed by atoms with E-state index in [2.05, 4.69) is 0 Å². The molecule has 0 amide bonds. The van der Waals surface area contributed by atoms with Gasteiger partial charge in [-0.05, 0) is 31.1 Å². The molecule has 0 aliphatic heterocycles. The fourth-order valence-electron chi connectivity index (χ4n) is 3.73. The lowest BCUT2D eigenvalue weighted by Crippen LogP contribution is -2.45. The summed E-state index contributed by atoms with van der Waals surface area (Å²) in [5, 5.41) is 0. The van der Waals surface area contributed by atoms with Crippen LogP contribution in [0.4, 0.5) is 0 Å². The normalized spacial score (nSPS) is 32.8. The van der Waals surface area contributed by atoms with Gasteiger partial charge in [0.25, 0.3) is 10.1 Å². The third-order valence-corrected chi connectivity index (χ3v) is 5.44. The fraction of sp³-hybridized carbons (Fsp3) is 0.857. The summed E-state index contributed by atoms with van der Waals surface area (Å²) in [7, 11) is -4.14. The van der Waals surface area contributed by atoms with E-state index in [-0.39, 0.29) is 24.2 Å². The first-order valence-electron chi connectivity index (χ1n) is 7.46. The summed E-state index contributed by atoms with van der Waals surface area (Å²) in [5.41, 5.74) is 0. The zero-order valence-electron chi connectivity index (χ0n) is 12.2. The Morgan fingerprint density at radius 2 is 2.10 bits per heavy atom. The molecule has 2 fully saturated rings. The summed E-state index contributed by atoms with van der Waals surface area (Å²) >= 11 is 0. The highest BCUT2D eigenvalue weighted by molar-refractivity contribution is 7.85. The van der Waals surface area contributed by atoms with Gasteiger partial charge in [0, 0.05) is 12.3 Å². The zero-order valence-corrected chi connectivity index (χ0v) is 13.0. The highest BCUT2D eigenvalue weighted by atomic mass is 32.2. The second kappa shape index (κ2) is 6.44. The summed E-state index contributed by atoms with van der Waals surface area (Å²) in [6.07, 6.45) is 3.92. The van der Waals surface area contributed by atoms with Crippen molar-refractivity contribution in [3.05, 3.63) is 0 Å². The lowest BCUT2D eigenvalue weighted by atomic mass is 9.61. The molecule has 0 aromatic carbocycles. The van der Waals surface area contributed by atoms with Crippen molar-refractivity contribution < 1.29 is 27.3 Å². The molecule has 4 atom stereocenters. The Morgan fingerprint density at radius 1 is 1.38 bits per heavy atom. The molecule has 0 spiro atoms. The molecule has 2 aliphatic rings. The number of carbonyl (C=O) groups excluding carboxylic acids is 2. The van der Waals surface area contributed by atoms with Crippen LogP contribution in [-0.4, -0.2) is 37.1 Å². The van der Waals surface area contributed by atoms with Gasteiger partial charge in [0.2, 0.25) is 0 Å². The monoisotopic (exact) mass is 318 g/mol. The largest absolute Gasteiger partial charge is 0.464 e. The van der Waals surface area contributed by atoms with E-state index in [1.807, 2.05) is 6.92 Å². The van der Waals surface area contributed by atoms with Gasteiger partial charge in [0.15, 0.2) is 0 Å². The van der Waals surface area contributed by atoms with Crippen molar-refractivity contribution in [3.63, 3.8) is 0 Å². The highest BCUT2D eigenvalue weighted by Crippen LogP contribution is 2.46. The minimum Gasteiger partial charge on any atom is -0.464 e. The Morgan fingerprint density at radius 3 is 2.71 bits per heavy atom. The van der Waals surface area contributed by atoms with Crippen LogP contribution in [-0.2, 0) is 24.4 Å². The van der Waals surface area contributed by atoms with E-state index < -0.39 is 27.8 Å². The minimum absolute atomic E-state index is 0.122. The molecule has 2 bridgehead atoms. The molecular weight excluding hydrogens is 296 g/mol. The molecule has 7 heteroatoms. The number of ether oxygens (including phenoxy) is 1. The maximum atomic E-state index is 12.2. The van der Waals surface area contributed by atoms with E-state index in [9.17, 15) is 18.0 Å². The number of fused-ring (bicyclic) bond motifs is 2. The van der Waals surface area contributed by atoms with Gasteiger partial charge in [-0.3, -0.25) is 14.1 Å². The van der Waals surface area contributed by atoms with Gasteiger partial charge in [0.05, 0.1) is 5.92 Å². The Kier molecular flexibility index (Phi) is 5.03. The number of esters is 1. The molecule has 0 radical (unpaired) electrons. The number of Topliss-reactive ketones (excluding diaryl/α,β-unsaturated/α-hetero) is 1. The van der Waals surface area contributed by atoms with Crippen LogP contribution in [0.2, 0.25) is 0 Å². The SMILES string of the molecule is CCC1CC2CCC(=O)C(C2)C1C(=O)OCCS(=O)(=O)O. The molecule has 0 aromatic rings. The lowest BCUT2D eigenvalue weighted by Gasteiger charge is -2.42. The molecular formula is C14H22O6S. The predicted molar refractivity (Wildman–Crippen MR) is 75.1 cm³/mol. The van der Waals surface area contributed by atoms with Crippen LogP contribution in [0.1, 0.15) is 39.0 Å². The van der Waals surface area contributed by atoms with Gasteiger partial charge < -0.3 is 4.74 Å². The quantitative estimate of drug-likeness (QED) is 0.608. The van der Waals surface area contributed by atoms with Gasteiger partial charge in [-0.25, -0.2) is 0 Å². The van der Waals surface area contributed by atoms with Crippen LogP contribution in [0.3, 0.4) is 0 Å². The van der Waals surface area contributed by atoms with Gasteiger partial charge in [-0.15, -0.1) is 0 Å². The van der Waals surface area contributed by atoms with Crippen molar-refractivity contribution in [2.45, 2.75) is 39.0 Å². The molecule has 21 heavy (non-hydrogen) atoms. The zero-order chi connectivity index (χ0) is 15.6. The first-order chi connectivity index (χ1) is 9.81. The number of hydrogen-bond acceptors (Lipinski definition) is 5. The van der Waals surface area contributed by atoms with Gasteiger partial charge in [-0.2, -0.15) is 8.42 Å². The first-order valence-corrected chi connectivity index (χ1v) is 9.07. The molecule has 6 nitrogen and oxygen atoms in total. The molecule has 2 aliphatic carbocycles. The first kappa shape index (κ1) is 16.4. The van der Waals surface area contributed by atoms with Crippen LogP contribution in [0.5, 0.6) is 0 Å². The topological polar surface area (TPSA) is 97.7 Å². The van der Waals surface area contributed by atoms with Crippen molar-refractivity contribution >= 4 is 21.9 Å². The van der Waals surface area contributed by atoms with Gasteiger partial charge >= 0.3 is 5.97 Å². The van der Waals surface area contributed by atoms with Crippen LogP contribution in [0.25, 0.3) is 0 Å². The fourth-order valence-corrected chi connectivity index (χ4v) is 4.02. The van der Waals surface area contributed by atoms with Crippen molar-refractivity contribution in [2.75, 3.05) is 12.4 Å². The Hall–Kier alpha value is -0.950. The molecule has 0 heterocycles. The number of ketones is 1. The standard InChI is InChI=1S/C14H22O6S/c1-2-10-7-9-3-4-12(15)11(8-9)13(10)14(16)20-5-6-21(17,18)19/h9-11,13H,2-8H2,1H3,(H,17,18,19). The van der Waals surface area contributed by atoms with E-state index in [0.29, 0.717) is 12.3 Å². The van der Waals surface area contributed by atoms with Crippen molar-refractivity contribution in [1.29, 1.82) is 0 Å². The van der Waals surface area contributed by atoms with Crippen molar-refractivity contribution in [1.82, 2.24) is 0 Å². The lowest BCUT2D eigenvalue weighted by molar-refractivity contribution is -0.159. The molecule has 4 unspecified atom stereocenters. The molecule has 1 N–H and O–H groups in total. The van der Waals surface area contributed by atoms with Crippen molar-refractivity contribution in [2.24, 2.45) is 23.7 Å². The predicted octanol–water partition coefficient (Wildman–Crippen LogP) is 1.45. The van der Waals surface area contributed by atoms with E-state index >= 15 is 0 Å². The summed E-state index contributed by atoms with van der Waals surface area (Å²) in [6.45, 7) is 1.63. The Bertz CT molecular complexity index is 512. The van der Waals surface area contributed by atoms with Gasteiger partial charge in [0.1, 0.15) is 18.1 Å². The van der Waals surface area contributed by atoms with E-state index in [1.54, 1.807) is 0 Å². The van der Waals surface area contributed by atoms with Crippen LogP contribution >= 0.6 is 0 Å². The Balaban J connectivity index is 2.03. The summed E-state index contributed by atoms with van der Waals surface area (Å²) in [4.78, 5) is 24.3.